The molecule has 25 heavy (non-hydrogen) atoms. The van der Waals surface area contributed by atoms with E-state index in [9.17, 15) is 9.59 Å². The van der Waals surface area contributed by atoms with Gasteiger partial charge in [-0.2, -0.15) is 5.10 Å². The Kier molecular flexibility index (Phi) is 6.53. The number of para-hydroxylation sites is 1. The predicted molar refractivity (Wildman–Crippen MR) is 94.7 cm³/mol. The fourth-order valence-corrected chi connectivity index (χ4v) is 2.04. The van der Waals surface area contributed by atoms with Crippen LogP contribution in [0.3, 0.4) is 0 Å². The van der Waals surface area contributed by atoms with Gasteiger partial charge in [-0.05, 0) is 43.3 Å². The van der Waals surface area contributed by atoms with Crippen LogP contribution in [0.25, 0.3) is 0 Å². The van der Waals surface area contributed by atoms with E-state index in [0.717, 1.165) is 0 Å². The second-order valence-electron chi connectivity index (χ2n) is 4.95. The van der Waals surface area contributed by atoms with Gasteiger partial charge in [-0.1, -0.05) is 12.1 Å². The minimum absolute atomic E-state index is 0.172. The number of carbonyl (C=O) groups is 2. The lowest BCUT2D eigenvalue weighted by atomic mass is 10.2. The number of carbonyl (C=O) groups excluding carboxylic acids is 2. The number of anilines is 1. The Hall–Kier alpha value is -3.35. The highest BCUT2D eigenvalue weighted by atomic mass is 16.5. The van der Waals surface area contributed by atoms with E-state index < -0.39 is 5.97 Å². The Labute approximate surface area is 145 Å². The van der Waals surface area contributed by atoms with Gasteiger partial charge in [-0.25, -0.2) is 4.79 Å². The minimum Gasteiger partial charge on any atom is -0.483 e. The second kappa shape index (κ2) is 9.07. The first-order valence-electron chi connectivity index (χ1n) is 7.66. The van der Waals surface area contributed by atoms with Crippen LogP contribution in [0.2, 0.25) is 0 Å². The van der Waals surface area contributed by atoms with E-state index in [-0.39, 0.29) is 12.5 Å². The quantitative estimate of drug-likeness (QED) is 0.348. The molecule has 1 amide bonds. The standard InChI is InChI=1S/C18H19N3O4/c1-2-24-18(23)13-7-9-15(10-8-13)21-17(22)12-25-16-6-4-3-5-14(16)11-20-19/h3-11H,2,12,19H2,1H3,(H,21,22). The van der Waals surface area contributed by atoms with Gasteiger partial charge < -0.3 is 20.6 Å². The number of amides is 1. The molecule has 0 fully saturated rings. The van der Waals surface area contributed by atoms with Gasteiger partial charge in [0.25, 0.3) is 5.91 Å². The maximum atomic E-state index is 12.0. The first-order chi connectivity index (χ1) is 12.1. The number of rotatable bonds is 7. The van der Waals surface area contributed by atoms with Crippen molar-refractivity contribution in [1.82, 2.24) is 0 Å². The largest absolute Gasteiger partial charge is 0.483 e. The number of benzene rings is 2. The van der Waals surface area contributed by atoms with Crippen molar-refractivity contribution >= 4 is 23.8 Å². The van der Waals surface area contributed by atoms with Crippen LogP contribution in [0.4, 0.5) is 5.69 Å². The monoisotopic (exact) mass is 341 g/mol. The predicted octanol–water partition coefficient (Wildman–Crippen LogP) is 2.17. The maximum absolute atomic E-state index is 12.0. The smallest absolute Gasteiger partial charge is 0.338 e. The normalized spacial score (nSPS) is 10.4. The first-order valence-corrected chi connectivity index (χ1v) is 7.66. The lowest BCUT2D eigenvalue weighted by Gasteiger charge is -2.10. The molecule has 7 heteroatoms. The molecule has 0 saturated heterocycles. The fraction of sp³-hybridized carbons (Fsp3) is 0.167. The zero-order valence-electron chi connectivity index (χ0n) is 13.8. The molecule has 0 aliphatic carbocycles. The average Bonchev–Trinajstić information content (AvgIpc) is 2.62. The van der Waals surface area contributed by atoms with Gasteiger partial charge in [0.15, 0.2) is 6.61 Å². The third-order valence-corrected chi connectivity index (χ3v) is 3.17. The third-order valence-electron chi connectivity index (χ3n) is 3.17. The van der Waals surface area contributed by atoms with Crippen molar-refractivity contribution in [2.24, 2.45) is 10.9 Å². The van der Waals surface area contributed by atoms with Gasteiger partial charge >= 0.3 is 5.97 Å². The number of ether oxygens (including phenoxy) is 2. The topological polar surface area (TPSA) is 103 Å². The molecule has 0 bridgehead atoms. The third kappa shape index (κ3) is 5.35. The molecule has 2 rings (SSSR count). The molecule has 0 atom stereocenters. The van der Waals surface area contributed by atoms with Crippen LogP contribution in [0, 0.1) is 0 Å². The molecule has 130 valence electrons. The van der Waals surface area contributed by atoms with Crippen LogP contribution in [0.15, 0.2) is 53.6 Å². The molecule has 0 aliphatic rings. The summed E-state index contributed by atoms with van der Waals surface area (Å²) >= 11 is 0. The number of hydrogen-bond acceptors (Lipinski definition) is 6. The SMILES string of the molecule is CCOC(=O)c1ccc(NC(=O)COc2ccccc2C=NN)cc1. The lowest BCUT2D eigenvalue weighted by molar-refractivity contribution is -0.118. The maximum Gasteiger partial charge on any atom is 0.338 e. The number of esters is 1. The van der Waals surface area contributed by atoms with Crippen molar-refractivity contribution in [2.45, 2.75) is 6.92 Å². The highest BCUT2D eigenvalue weighted by Crippen LogP contribution is 2.16. The summed E-state index contributed by atoms with van der Waals surface area (Å²) in [6, 6.07) is 13.5. The molecule has 0 spiro atoms. The molecule has 0 aromatic heterocycles. The minimum atomic E-state index is -0.401. The zero-order valence-corrected chi connectivity index (χ0v) is 13.8. The molecule has 2 aromatic carbocycles. The van der Waals surface area contributed by atoms with E-state index in [0.29, 0.717) is 29.2 Å². The van der Waals surface area contributed by atoms with E-state index >= 15 is 0 Å². The van der Waals surface area contributed by atoms with Crippen LogP contribution in [-0.4, -0.2) is 31.3 Å². The molecular formula is C18H19N3O4. The number of nitrogens with zero attached hydrogens (tertiary/aromatic N) is 1. The van der Waals surface area contributed by atoms with Crippen LogP contribution in [-0.2, 0) is 9.53 Å². The lowest BCUT2D eigenvalue weighted by Crippen LogP contribution is -2.20. The Morgan fingerprint density at radius 3 is 2.56 bits per heavy atom. The highest BCUT2D eigenvalue weighted by Gasteiger charge is 2.08. The molecule has 0 heterocycles. The molecule has 0 saturated carbocycles. The number of hydrogen-bond donors (Lipinski definition) is 2. The van der Waals surface area contributed by atoms with Crippen molar-refractivity contribution in [2.75, 3.05) is 18.5 Å². The van der Waals surface area contributed by atoms with Crippen molar-refractivity contribution < 1.29 is 19.1 Å². The van der Waals surface area contributed by atoms with Crippen molar-refractivity contribution in [3.63, 3.8) is 0 Å². The summed E-state index contributed by atoms with van der Waals surface area (Å²) in [5.74, 6) is 4.91. The summed E-state index contributed by atoms with van der Waals surface area (Å²) in [6.45, 7) is 1.88. The molecule has 0 aliphatic heterocycles. The second-order valence-corrected chi connectivity index (χ2v) is 4.95. The van der Waals surface area contributed by atoms with E-state index in [2.05, 4.69) is 10.4 Å². The number of nitrogens with one attached hydrogen (secondary N) is 1. The first kappa shape index (κ1) is 18.0. The Balaban J connectivity index is 1.91. The molecule has 7 nitrogen and oxygen atoms in total. The summed E-state index contributed by atoms with van der Waals surface area (Å²) < 4.78 is 10.4. The molecule has 3 N–H and O–H groups in total. The molecular weight excluding hydrogens is 322 g/mol. The van der Waals surface area contributed by atoms with Crippen molar-refractivity contribution in [3.8, 4) is 5.75 Å². The van der Waals surface area contributed by atoms with Crippen LogP contribution < -0.4 is 15.9 Å². The fourth-order valence-electron chi connectivity index (χ4n) is 2.04. The summed E-state index contributed by atoms with van der Waals surface area (Å²) in [5, 5.41) is 6.14. The van der Waals surface area contributed by atoms with E-state index in [1.165, 1.54) is 6.21 Å². The number of nitrogens with two attached hydrogens (primary N) is 1. The molecule has 0 unspecified atom stereocenters. The van der Waals surface area contributed by atoms with E-state index in [4.69, 9.17) is 15.3 Å². The summed E-state index contributed by atoms with van der Waals surface area (Å²) in [4.78, 5) is 23.6. The Bertz CT molecular complexity index is 757. The summed E-state index contributed by atoms with van der Waals surface area (Å²) in [5.41, 5.74) is 1.65. The summed E-state index contributed by atoms with van der Waals surface area (Å²) in [7, 11) is 0. The molecule has 2 aromatic rings. The Morgan fingerprint density at radius 2 is 1.88 bits per heavy atom. The van der Waals surface area contributed by atoms with Crippen molar-refractivity contribution in [3.05, 3.63) is 59.7 Å². The van der Waals surface area contributed by atoms with Gasteiger partial charge in [-0.3, -0.25) is 4.79 Å². The van der Waals surface area contributed by atoms with Crippen LogP contribution >= 0.6 is 0 Å². The van der Waals surface area contributed by atoms with Gasteiger partial charge in [0.2, 0.25) is 0 Å². The summed E-state index contributed by atoms with van der Waals surface area (Å²) in [6.07, 6.45) is 1.45. The highest BCUT2D eigenvalue weighted by molar-refractivity contribution is 5.94. The number of hydrazone groups is 1. The van der Waals surface area contributed by atoms with Crippen LogP contribution in [0.5, 0.6) is 5.75 Å². The molecule has 0 radical (unpaired) electrons. The van der Waals surface area contributed by atoms with Crippen molar-refractivity contribution in [1.29, 1.82) is 0 Å². The van der Waals surface area contributed by atoms with Gasteiger partial charge in [0.05, 0.1) is 18.4 Å². The Morgan fingerprint density at radius 1 is 1.16 bits per heavy atom. The zero-order chi connectivity index (χ0) is 18.1. The van der Waals surface area contributed by atoms with Gasteiger partial charge in [0, 0.05) is 11.3 Å². The van der Waals surface area contributed by atoms with Gasteiger partial charge in [-0.15, -0.1) is 0 Å². The van der Waals surface area contributed by atoms with Gasteiger partial charge in [0.1, 0.15) is 5.75 Å². The van der Waals surface area contributed by atoms with Crippen LogP contribution in [0.1, 0.15) is 22.8 Å². The average molecular weight is 341 g/mol. The van der Waals surface area contributed by atoms with E-state index in [1.54, 1.807) is 49.4 Å². The van der Waals surface area contributed by atoms with E-state index in [1.807, 2.05) is 6.07 Å².